The number of fused-ring (bicyclic) bond motifs is 5. The topological polar surface area (TPSA) is 64.0 Å². The smallest absolute Gasteiger partial charge is 0.271 e. The Kier molecular flexibility index (Phi) is 6.35. The Bertz CT molecular complexity index is 1390. The molecule has 1 aromatic carbocycles. The number of aromatic nitrogens is 1. The number of ether oxygens (including phenoxy) is 2. The van der Waals surface area contributed by atoms with Crippen LogP contribution in [0.5, 0.6) is 5.75 Å². The number of nitrogens with zero attached hydrogens (tertiary/aromatic N) is 3. The van der Waals surface area contributed by atoms with Gasteiger partial charge in [0.2, 0.25) is 0 Å². The Hall–Kier alpha value is -3.10. The molecule has 0 unspecified atom stereocenters. The van der Waals surface area contributed by atoms with Gasteiger partial charge < -0.3 is 23.8 Å². The summed E-state index contributed by atoms with van der Waals surface area (Å²) in [6, 6.07) is 8.27. The van der Waals surface area contributed by atoms with Gasteiger partial charge in [-0.25, -0.2) is 0 Å². The van der Waals surface area contributed by atoms with Gasteiger partial charge in [-0.3, -0.25) is 9.59 Å². The molecule has 0 N–H and O–H groups in total. The lowest BCUT2D eigenvalue weighted by atomic mass is 9.91. The molecule has 3 aliphatic rings. The third-order valence-corrected chi connectivity index (χ3v) is 8.90. The van der Waals surface area contributed by atoms with Crippen LogP contribution in [0.4, 0.5) is 0 Å². The van der Waals surface area contributed by atoms with Crippen LogP contribution in [-0.2, 0) is 24.1 Å². The Labute approximate surface area is 227 Å². The van der Waals surface area contributed by atoms with E-state index in [-0.39, 0.29) is 17.4 Å². The maximum absolute atomic E-state index is 14.1. The minimum absolute atomic E-state index is 0.0362. The minimum atomic E-state index is -0.260. The number of carbonyl (C=O) groups is 2. The fraction of sp³-hybridized carbons (Fsp3) is 0.467. The van der Waals surface area contributed by atoms with Crippen LogP contribution in [0.2, 0.25) is 0 Å². The molecular weight excluding hydrogens is 498 g/mol. The first kappa shape index (κ1) is 25.2. The van der Waals surface area contributed by atoms with Crippen molar-refractivity contribution < 1.29 is 19.1 Å². The summed E-state index contributed by atoms with van der Waals surface area (Å²) >= 11 is 1.70. The van der Waals surface area contributed by atoms with Crippen LogP contribution >= 0.6 is 11.3 Å². The normalized spacial score (nSPS) is 17.5. The van der Waals surface area contributed by atoms with E-state index in [9.17, 15) is 9.59 Å². The molecule has 0 radical (unpaired) electrons. The highest BCUT2D eigenvalue weighted by Crippen LogP contribution is 2.47. The molecular formula is C30H35N3O4S. The highest BCUT2D eigenvalue weighted by Gasteiger charge is 2.38. The molecule has 1 saturated heterocycles. The number of carbonyl (C=O) groups excluding carboxylic acids is 2. The average Bonchev–Trinajstić information content (AvgIpc) is 3.51. The van der Waals surface area contributed by atoms with Gasteiger partial charge in [0.1, 0.15) is 11.4 Å². The van der Waals surface area contributed by atoms with E-state index in [0.717, 1.165) is 70.9 Å². The number of thiophene rings is 1. The zero-order valence-corrected chi connectivity index (χ0v) is 23.5. The largest absolute Gasteiger partial charge is 0.496 e. The van der Waals surface area contributed by atoms with Crippen molar-refractivity contribution in [3.63, 3.8) is 0 Å². The van der Waals surface area contributed by atoms with Crippen molar-refractivity contribution in [2.75, 3.05) is 40.0 Å². The maximum atomic E-state index is 14.1. The van der Waals surface area contributed by atoms with Gasteiger partial charge >= 0.3 is 0 Å². The van der Waals surface area contributed by atoms with Crippen molar-refractivity contribution in [1.82, 2.24) is 14.4 Å². The summed E-state index contributed by atoms with van der Waals surface area (Å²) in [5.41, 5.74) is 6.65. The molecule has 0 spiro atoms. The quantitative estimate of drug-likeness (QED) is 0.470. The van der Waals surface area contributed by atoms with Crippen molar-refractivity contribution in [2.45, 2.75) is 52.1 Å². The van der Waals surface area contributed by atoms with Crippen LogP contribution in [-0.4, -0.2) is 71.7 Å². The summed E-state index contributed by atoms with van der Waals surface area (Å²) < 4.78 is 13.5. The highest BCUT2D eigenvalue weighted by atomic mass is 32.1. The molecule has 0 aliphatic carbocycles. The van der Waals surface area contributed by atoms with Crippen LogP contribution in [0.25, 0.3) is 21.7 Å². The molecule has 0 bridgehead atoms. The number of hydrogen-bond acceptors (Lipinski definition) is 5. The fourth-order valence-electron chi connectivity index (χ4n) is 6.19. The van der Waals surface area contributed by atoms with E-state index < -0.39 is 0 Å². The third kappa shape index (κ3) is 4.05. The molecule has 200 valence electrons. The number of rotatable bonds is 3. The van der Waals surface area contributed by atoms with Crippen LogP contribution < -0.4 is 4.74 Å². The van der Waals surface area contributed by atoms with E-state index in [1.807, 2.05) is 21.9 Å². The standard InChI is InChI=1S/C30H35N3O4S/c1-30(2,3)33-10-5-7-20-25(24-8-6-16-38-24)26-21-18-22(28(34)31-12-14-37-15-13-31)23(36-4)17-19(21)9-11-32(26)27(20)29(33)35/h6,8,16-18H,5,7,9-15H2,1-4H3. The van der Waals surface area contributed by atoms with Gasteiger partial charge in [-0.15, -0.1) is 11.3 Å². The fourth-order valence-corrected chi connectivity index (χ4v) is 6.99. The summed E-state index contributed by atoms with van der Waals surface area (Å²) in [4.78, 5) is 32.8. The first-order chi connectivity index (χ1) is 18.3. The minimum Gasteiger partial charge on any atom is -0.496 e. The van der Waals surface area contributed by atoms with E-state index in [1.54, 1.807) is 18.4 Å². The molecule has 8 heteroatoms. The summed E-state index contributed by atoms with van der Waals surface area (Å²) in [7, 11) is 1.63. The second-order valence-electron chi connectivity index (χ2n) is 11.3. The molecule has 7 nitrogen and oxygen atoms in total. The summed E-state index contributed by atoms with van der Waals surface area (Å²) in [6.45, 7) is 10.0. The summed E-state index contributed by atoms with van der Waals surface area (Å²) in [5, 5.41) is 2.09. The molecule has 3 aromatic rings. The molecule has 2 amide bonds. The zero-order chi connectivity index (χ0) is 26.6. The third-order valence-electron chi connectivity index (χ3n) is 8.01. The van der Waals surface area contributed by atoms with Crippen molar-refractivity contribution >= 4 is 23.2 Å². The van der Waals surface area contributed by atoms with Crippen LogP contribution in [0.15, 0.2) is 29.6 Å². The second kappa shape index (κ2) is 9.58. The zero-order valence-electron chi connectivity index (χ0n) is 22.6. The molecule has 5 heterocycles. The van der Waals surface area contributed by atoms with E-state index in [1.165, 1.54) is 0 Å². The molecule has 0 saturated carbocycles. The number of aryl methyl sites for hydroxylation is 1. The first-order valence-corrected chi connectivity index (χ1v) is 14.4. The van der Waals surface area contributed by atoms with Crippen molar-refractivity contribution in [1.29, 1.82) is 0 Å². The van der Waals surface area contributed by atoms with Crippen LogP contribution in [0, 0.1) is 0 Å². The lowest BCUT2D eigenvalue weighted by Crippen LogP contribution is -2.46. The monoisotopic (exact) mass is 533 g/mol. The highest BCUT2D eigenvalue weighted by molar-refractivity contribution is 7.13. The van der Waals surface area contributed by atoms with E-state index >= 15 is 0 Å². The maximum Gasteiger partial charge on any atom is 0.271 e. The van der Waals surface area contributed by atoms with Crippen LogP contribution in [0.1, 0.15) is 59.2 Å². The predicted molar refractivity (Wildman–Crippen MR) is 149 cm³/mol. The van der Waals surface area contributed by atoms with Gasteiger partial charge in [-0.1, -0.05) is 6.07 Å². The van der Waals surface area contributed by atoms with Gasteiger partial charge in [0, 0.05) is 47.7 Å². The van der Waals surface area contributed by atoms with E-state index in [2.05, 4.69) is 42.9 Å². The predicted octanol–water partition coefficient (Wildman–Crippen LogP) is 5.11. The van der Waals surface area contributed by atoms with Crippen LogP contribution in [0.3, 0.4) is 0 Å². The number of benzene rings is 1. The Morgan fingerprint density at radius 2 is 1.84 bits per heavy atom. The molecule has 1 fully saturated rings. The van der Waals surface area contributed by atoms with Gasteiger partial charge in [0.25, 0.3) is 11.8 Å². The number of hydrogen-bond donors (Lipinski definition) is 0. The van der Waals surface area contributed by atoms with Crippen molar-refractivity contribution in [2.24, 2.45) is 0 Å². The van der Waals surface area contributed by atoms with Gasteiger partial charge in [-0.2, -0.15) is 0 Å². The average molecular weight is 534 g/mol. The van der Waals surface area contributed by atoms with E-state index in [0.29, 0.717) is 37.6 Å². The molecule has 0 atom stereocenters. The first-order valence-electron chi connectivity index (χ1n) is 13.5. The van der Waals surface area contributed by atoms with Gasteiger partial charge in [-0.05, 0) is 74.7 Å². The van der Waals surface area contributed by atoms with Gasteiger partial charge in [0.05, 0.1) is 31.6 Å². The summed E-state index contributed by atoms with van der Waals surface area (Å²) in [5.74, 6) is 0.677. The summed E-state index contributed by atoms with van der Waals surface area (Å²) in [6.07, 6.45) is 2.55. The van der Waals surface area contributed by atoms with Gasteiger partial charge in [0.15, 0.2) is 0 Å². The Balaban J connectivity index is 1.58. The number of methoxy groups -OCH3 is 1. The number of amides is 2. The SMILES string of the molecule is COc1cc2c(cc1C(=O)N1CCOCC1)-c1c(-c3cccs3)c3c(n1CC2)C(=O)N(C(C)(C)C)CCC3. The number of morpholine rings is 1. The Morgan fingerprint density at radius 3 is 2.53 bits per heavy atom. The molecule has 2 aromatic heterocycles. The second-order valence-corrected chi connectivity index (χ2v) is 12.2. The molecule has 6 rings (SSSR count). The lowest BCUT2D eigenvalue weighted by molar-refractivity contribution is 0.0301. The van der Waals surface area contributed by atoms with Crippen molar-refractivity contribution in [3.05, 3.63) is 52.0 Å². The molecule has 3 aliphatic heterocycles. The molecule has 38 heavy (non-hydrogen) atoms. The van der Waals surface area contributed by atoms with E-state index in [4.69, 9.17) is 9.47 Å². The Morgan fingerprint density at radius 1 is 1.05 bits per heavy atom. The lowest BCUT2D eigenvalue weighted by Gasteiger charge is -2.35. The van der Waals surface area contributed by atoms with Crippen molar-refractivity contribution in [3.8, 4) is 27.4 Å².